The van der Waals surface area contributed by atoms with Gasteiger partial charge in [0.2, 0.25) is 0 Å². The molecule has 0 aromatic carbocycles. The molecule has 0 amide bonds. The Balaban J connectivity index is 2.40. The Morgan fingerprint density at radius 1 is 1.82 bits per heavy atom. The van der Waals surface area contributed by atoms with Crippen LogP contribution in [-0.4, -0.2) is 21.3 Å². The largest absolute Gasteiger partial charge is 0.478 e. The minimum absolute atomic E-state index is 0.738. The fraction of sp³-hybridized carbons (Fsp3) is 0. The van der Waals surface area contributed by atoms with Gasteiger partial charge in [-0.15, -0.1) is 10.2 Å². The lowest BCUT2D eigenvalue weighted by Gasteiger charge is -1.81. The number of thioether (sulfide) groups is 1. The number of nitrogens with zero attached hydrogens (tertiary/aromatic N) is 2. The fourth-order valence-electron chi connectivity index (χ4n) is 0.365. The van der Waals surface area contributed by atoms with Crippen LogP contribution in [0, 0.1) is 0 Å². The standard InChI is InChI=1S/C5H4N2O2S2/c8-4(9)1-2-10-5-7-6-3-11-5/h1-3H,(H,8,9). The van der Waals surface area contributed by atoms with Crippen molar-refractivity contribution < 1.29 is 9.90 Å². The highest BCUT2D eigenvalue weighted by Gasteiger charge is 1.93. The number of hydrogen-bond donors (Lipinski definition) is 1. The van der Waals surface area contributed by atoms with E-state index in [-0.39, 0.29) is 0 Å². The van der Waals surface area contributed by atoms with Gasteiger partial charge in [-0.05, 0) is 5.41 Å². The third-order valence-corrected chi connectivity index (χ3v) is 2.34. The second-order valence-corrected chi connectivity index (χ2v) is 3.45. The van der Waals surface area contributed by atoms with Gasteiger partial charge in [0.05, 0.1) is 0 Å². The van der Waals surface area contributed by atoms with Gasteiger partial charge >= 0.3 is 5.97 Å². The second-order valence-electron chi connectivity index (χ2n) is 1.46. The van der Waals surface area contributed by atoms with E-state index in [0.717, 1.165) is 10.4 Å². The molecule has 4 nitrogen and oxygen atoms in total. The van der Waals surface area contributed by atoms with Crippen molar-refractivity contribution in [2.24, 2.45) is 0 Å². The average molecular weight is 188 g/mol. The van der Waals surface area contributed by atoms with Crippen molar-refractivity contribution in [3.63, 3.8) is 0 Å². The Kier molecular flexibility index (Phi) is 3.06. The molecule has 1 aromatic rings. The van der Waals surface area contributed by atoms with Gasteiger partial charge in [0.1, 0.15) is 5.51 Å². The van der Waals surface area contributed by atoms with E-state index in [2.05, 4.69) is 10.2 Å². The van der Waals surface area contributed by atoms with Crippen molar-refractivity contribution in [1.29, 1.82) is 0 Å². The number of rotatable bonds is 3. The predicted octanol–water partition coefficient (Wildman–Crippen LogP) is 1.23. The topological polar surface area (TPSA) is 63.1 Å². The van der Waals surface area contributed by atoms with E-state index in [9.17, 15) is 4.79 Å². The SMILES string of the molecule is O=C(O)C=CSc1nncs1. The van der Waals surface area contributed by atoms with Crippen LogP contribution in [0.25, 0.3) is 0 Å². The lowest BCUT2D eigenvalue weighted by Crippen LogP contribution is -1.84. The van der Waals surface area contributed by atoms with Crippen LogP contribution in [0.5, 0.6) is 0 Å². The Hall–Kier alpha value is -0.880. The zero-order chi connectivity index (χ0) is 8.10. The maximum atomic E-state index is 10.00. The van der Waals surface area contributed by atoms with Crippen LogP contribution in [0.2, 0.25) is 0 Å². The molecular weight excluding hydrogens is 184 g/mol. The van der Waals surface area contributed by atoms with Gasteiger partial charge in [-0.3, -0.25) is 0 Å². The van der Waals surface area contributed by atoms with Crippen LogP contribution >= 0.6 is 23.1 Å². The summed E-state index contributed by atoms with van der Waals surface area (Å²) < 4.78 is 0.738. The molecule has 6 heteroatoms. The summed E-state index contributed by atoms with van der Waals surface area (Å²) in [6.07, 6.45) is 1.06. The predicted molar refractivity (Wildman–Crippen MR) is 42.5 cm³/mol. The van der Waals surface area contributed by atoms with Crippen molar-refractivity contribution in [3.8, 4) is 0 Å². The van der Waals surface area contributed by atoms with Crippen LogP contribution in [0.1, 0.15) is 0 Å². The summed E-state index contributed by atoms with van der Waals surface area (Å²) in [6.45, 7) is 0. The van der Waals surface area contributed by atoms with Crippen molar-refractivity contribution in [2.75, 3.05) is 0 Å². The third-order valence-electron chi connectivity index (χ3n) is 0.720. The second kappa shape index (κ2) is 4.09. The summed E-state index contributed by atoms with van der Waals surface area (Å²) in [5.74, 6) is -0.956. The lowest BCUT2D eigenvalue weighted by molar-refractivity contribution is -0.131. The molecule has 0 unspecified atom stereocenters. The minimum Gasteiger partial charge on any atom is -0.478 e. The molecule has 0 aliphatic heterocycles. The molecule has 0 radical (unpaired) electrons. The minimum atomic E-state index is -0.956. The first-order chi connectivity index (χ1) is 5.29. The van der Waals surface area contributed by atoms with Gasteiger partial charge < -0.3 is 5.11 Å². The normalized spacial score (nSPS) is 10.5. The van der Waals surface area contributed by atoms with Gasteiger partial charge in [-0.25, -0.2) is 4.79 Å². The zero-order valence-electron chi connectivity index (χ0n) is 5.30. The zero-order valence-corrected chi connectivity index (χ0v) is 6.93. The Bertz CT molecular complexity index is 257. The van der Waals surface area contributed by atoms with Gasteiger partial charge in [-0.1, -0.05) is 23.1 Å². The van der Waals surface area contributed by atoms with E-state index in [0.29, 0.717) is 0 Å². The lowest BCUT2D eigenvalue weighted by atomic mass is 10.7. The first-order valence-electron chi connectivity index (χ1n) is 2.61. The highest BCUT2D eigenvalue weighted by atomic mass is 32.2. The molecule has 0 aliphatic carbocycles. The monoisotopic (exact) mass is 188 g/mol. The van der Waals surface area contributed by atoms with Crippen molar-refractivity contribution >= 4 is 29.1 Å². The number of carboxylic acid groups (broad SMARTS) is 1. The third kappa shape index (κ3) is 3.15. The number of carbonyl (C=O) groups is 1. The van der Waals surface area contributed by atoms with Crippen LogP contribution < -0.4 is 0 Å². The molecule has 11 heavy (non-hydrogen) atoms. The van der Waals surface area contributed by atoms with Crippen LogP contribution in [0.4, 0.5) is 0 Å². The van der Waals surface area contributed by atoms with E-state index in [1.807, 2.05) is 0 Å². The molecule has 0 fully saturated rings. The van der Waals surface area contributed by atoms with E-state index in [1.165, 1.54) is 28.5 Å². The maximum Gasteiger partial charge on any atom is 0.328 e. The fourth-order valence-corrected chi connectivity index (χ4v) is 1.56. The van der Waals surface area contributed by atoms with E-state index in [4.69, 9.17) is 5.11 Å². The molecule has 1 N–H and O–H groups in total. The summed E-state index contributed by atoms with van der Waals surface area (Å²) in [5, 5.41) is 17.0. The number of carboxylic acids is 1. The van der Waals surface area contributed by atoms with Crippen molar-refractivity contribution in [1.82, 2.24) is 10.2 Å². The smallest absolute Gasteiger partial charge is 0.328 e. The quantitative estimate of drug-likeness (QED) is 0.571. The van der Waals surface area contributed by atoms with Gasteiger partial charge in [0.25, 0.3) is 0 Å². The molecule has 0 saturated carbocycles. The summed E-state index contributed by atoms with van der Waals surface area (Å²) in [6, 6.07) is 0. The Morgan fingerprint density at radius 2 is 2.64 bits per heavy atom. The molecular formula is C5H4N2O2S2. The highest BCUT2D eigenvalue weighted by molar-refractivity contribution is 8.03. The number of hydrogen-bond acceptors (Lipinski definition) is 5. The number of aliphatic carboxylic acids is 1. The van der Waals surface area contributed by atoms with Crippen molar-refractivity contribution in [3.05, 3.63) is 17.0 Å². The van der Waals surface area contributed by atoms with Crippen molar-refractivity contribution in [2.45, 2.75) is 4.34 Å². The first-order valence-corrected chi connectivity index (χ1v) is 4.37. The van der Waals surface area contributed by atoms with Gasteiger partial charge in [0, 0.05) is 6.08 Å². The molecule has 0 bridgehead atoms. The average Bonchev–Trinajstić information content (AvgIpc) is 2.39. The number of aromatic nitrogens is 2. The van der Waals surface area contributed by atoms with Gasteiger partial charge in [-0.2, -0.15) is 0 Å². The summed E-state index contributed by atoms with van der Waals surface area (Å²) >= 11 is 2.61. The summed E-state index contributed by atoms with van der Waals surface area (Å²) in [4.78, 5) is 10.00. The Labute approximate surface area is 71.0 Å². The first kappa shape index (κ1) is 8.22. The molecule has 0 saturated heterocycles. The molecule has 0 aliphatic rings. The summed E-state index contributed by atoms with van der Waals surface area (Å²) in [7, 11) is 0. The van der Waals surface area contributed by atoms with E-state index < -0.39 is 5.97 Å². The highest BCUT2D eigenvalue weighted by Crippen LogP contribution is 2.19. The van der Waals surface area contributed by atoms with Crippen LogP contribution in [0.3, 0.4) is 0 Å². The van der Waals surface area contributed by atoms with Gasteiger partial charge in [0.15, 0.2) is 4.34 Å². The molecule has 1 aromatic heterocycles. The molecule has 1 heterocycles. The molecule has 58 valence electrons. The van der Waals surface area contributed by atoms with E-state index in [1.54, 1.807) is 5.51 Å². The van der Waals surface area contributed by atoms with Crippen LogP contribution in [-0.2, 0) is 4.79 Å². The van der Waals surface area contributed by atoms with Crippen LogP contribution in [0.15, 0.2) is 21.3 Å². The Morgan fingerprint density at radius 3 is 3.18 bits per heavy atom. The molecule has 0 atom stereocenters. The molecule has 1 rings (SSSR count). The summed E-state index contributed by atoms with van der Waals surface area (Å²) in [5.41, 5.74) is 1.59. The van der Waals surface area contributed by atoms with E-state index >= 15 is 0 Å². The molecule has 0 spiro atoms. The maximum absolute atomic E-state index is 10.00.